The second kappa shape index (κ2) is 5.70. The molecule has 2 rings (SSSR count). The van der Waals surface area contributed by atoms with Crippen molar-refractivity contribution in [2.24, 2.45) is 0 Å². The number of aryl methyl sites for hydroxylation is 1. The second-order valence-corrected chi connectivity index (χ2v) is 4.57. The fourth-order valence-electron chi connectivity index (χ4n) is 1.66. The number of amides is 1. The molecule has 1 aromatic rings. The zero-order valence-electron chi connectivity index (χ0n) is 10.5. The summed E-state index contributed by atoms with van der Waals surface area (Å²) in [4.78, 5) is 12.0. The van der Waals surface area contributed by atoms with Gasteiger partial charge in [0.15, 0.2) is 0 Å². The molecule has 1 saturated carbocycles. The largest absolute Gasteiger partial charge is 0.395 e. The van der Waals surface area contributed by atoms with Gasteiger partial charge in [0.2, 0.25) is 0 Å². The molecule has 1 aliphatic carbocycles. The summed E-state index contributed by atoms with van der Waals surface area (Å²) in [5.41, 5.74) is 2.44. The molecule has 0 radical (unpaired) electrons. The van der Waals surface area contributed by atoms with Crippen LogP contribution in [0, 0.1) is 18.8 Å². The second-order valence-electron chi connectivity index (χ2n) is 4.57. The maximum atomic E-state index is 12.0. The third-order valence-electron chi connectivity index (χ3n) is 2.79. The highest BCUT2D eigenvalue weighted by atomic mass is 16.2. The smallest absolute Gasteiger partial charge is 0.252 e. The summed E-state index contributed by atoms with van der Waals surface area (Å²) < 4.78 is 0. The lowest BCUT2D eigenvalue weighted by Gasteiger charge is -2.06. The average molecular weight is 243 g/mol. The number of aliphatic hydroxyl groups excluding tert-OH is 1. The highest BCUT2D eigenvalue weighted by Crippen LogP contribution is 2.20. The van der Waals surface area contributed by atoms with Gasteiger partial charge in [-0.1, -0.05) is 17.9 Å². The van der Waals surface area contributed by atoms with Crippen molar-refractivity contribution in [3.8, 4) is 11.8 Å². The minimum atomic E-state index is -0.0502. The van der Waals surface area contributed by atoms with E-state index in [2.05, 4.69) is 17.2 Å². The number of hydrogen-bond acceptors (Lipinski definition) is 2. The van der Waals surface area contributed by atoms with Gasteiger partial charge in [0.05, 0.1) is 12.2 Å². The minimum Gasteiger partial charge on any atom is -0.395 e. The first-order valence-corrected chi connectivity index (χ1v) is 6.22. The Labute approximate surface area is 107 Å². The number of carbonyl (C=O) groups is 1. The third kappa shape index (κ3) is 3.35. The maximum absolute atomic E-state index is 12.0. The van der Waals surface area contributed by atoms with Crippen molar-refractivity contribution in [1.29, 1.82) is 0 Å². The van der Waals surface area contributed by atoms with Crippen LogP contribution in [0.1, 0.15) is 40.7 Å². The predicted octanol–water partition coefficient (Wildman–Crippen LogP) is 1.62. The Bertz CT molecular complexity index is 507. The highest BCUT2D eigenvalue weighted by molar-refractivity contribution is 5.97. The highest BCUT2D eigenvalue weighted by Gasteiger charge is 2.24. The maximum Gasteiger partial charge on any atom is 0.252 e. The molecular formula is C15H17NO2. The lowest BCUT2D eigenvalue weighted by molar-refractivity contribution is 0.0951. The molecule has 0 bridgehead atoms. The van der Waals surface area contributed by atoms with Gasteiger partial charge in [-0.2, -0.15) is 0 Å². The number of carbonyl (C=O) groups excluding carboxylic acids is 1. The Morgan fingerprint density at radius 1 is 1.50 bits per heavy atom. The first kappa shape index (κ1) is 12.7. The molecular weight excluding hydrogens is 226 g/mol. The van der Waals surface area contributed by atoms with Crippen LogP contribution in [0.4, 0.5) is 0 Å². The van der Waals surface area contributed by atoms with Crippen LogP contribution in [0.25, 0.3) is 0 Å². The normalized spacial score (nSPS) is 13.7. The van der Waals surface area contributed by atoms with Crippen molar-refractivity contribution >= 4 is 5.91 Å². The SMILES string of the molecule is Cc1ccc(C(=O)NC2CC2)c(C#CCCO)c1. The van der Waals surface area contributed by atoms with Gasteiger partial charge in [0, 0.05) is 18.0 Å². The summed E-state index contributed by atoms with van der Waals surface area (Å²) in [5, 5.41) is 11.7. The molecule has 0 aromatic heterocycles. The fraction of sp³-hybridized carbons (Fsp3) is 0.400. The molecule has 0 saturated heterocycles. The molecule has 1 fully saturated rings. The van der Waals surface area contributed by atoms with E-state index in [0.29, 0.717) is 18.0 Å². The molecule has 3 nitrogen and oxygen atoms in total. The summed E-state index contributed by atoms with van der Waals surface area (Å²) in [6.07, 6.45) is 2.57. The average Bonchev–Trinajstić information content (AvgIpc) is 3.13. The first-order chi connectivity index (χ1) is 8.70. The lowest BCUT2D eigenvalue weighted by atomic mass is 10.0. The molecule has 0 atom stereocenters. The van der Waals surface area contributed by atoms with Gasteiger partial charge in [0.1, 0.15) is 0 Å². The number of nitrogens with one attached hydrogen (secondary N) is 1. The summed E-state index contributed by atoms with van der Waals surface area (Å²) >= 11 is 0. The predicted molar refractivity (Wildman–Crippen MR) is 70.2 cm³/mol. The Morgan fingerprint density at radius 2 is 2.28 bits per heavy atom. The number of hydrogen-bond donors (Lipinski definition) is 2. The molecule has 0 heterocycles. The van der Waals surface area contributed by atoms with Crippen LogP contribution in [-0.4, -0.2) is 23.7 Å². The van der Waals surface area contributed by atoms with Gasteiger partial charge >= 0.3 is 0 Å². The molecule has 1 amide bonds. The van der Waals surface area contributed by atoms with E-state index in [4.69, 9.17) is 5.11 Å². The molecule has 2 N–H and O–H groups in total. The molecule has 3 heteroatoms. The summed E-state index contributed by atoms with van der Waals surface area (Å²) in [6, 6.07) is 5.98. The first-order valence-electron chi connectivity index (χ1n) is 6.22. The Balaban J connectivity index is 2.22. The Kier molecular flexibility index (Phi) is 4.01. The zero-order valence-corrected chi connectivity index (χ0v) is 10.5. The van der Waals surface area contributed by atoms with Gasteiger partial charge in [-0.05, 0) is 37.5 Å². The topological polar surface area (TPSA) is 49.3 Å². The van der Waals surface area contributed by atoms with Gasteiger partial charge in [-0.3, -0.25) is 4.79 Å². The molecule has 0 unspecified atom stereocenters. The van der Waals surface area contributed by atoms with Crippen LogP contribution in [0.5, 0.6) is 0 Å². The monoisotopic (exact) mass is 243 g/mol. The third-order valence-corrected chi connectivity index (χ3v) is 2.79. The van der Waals surface area contributed by atoms with E-state index in [9.17, 15) is 4.79 Å². The summed E-state index contributed by atoms with van der Waals surface area (Å²) in [7, 11) is 0. The van der Waals surface area contributed by atoms with Crippen LogP contribution in [0.15, 0.2) is 18.2 Å². The quantitative estimate of drug-likeness (QED) is 0.793. The number of aliphatic hydroxyl groups is 1. The molecule has 1 aromatic carbocycles. The summed E-state index contributed by atoms with van der Waals surface area (Å²) in [5.74, 6) is 5.77. The lowest BCUT2D eigenvalue weighted by Crippen LogP contribution is -2.26. The molecule has 94 valence electrons. The van der Waals surface area contributed by atoms with Gasteiger partial charge < -0.3 is 10.4 Å². The van der Waals surface area contributed by atoms with Crippen molar-refractivity contribution in [1.82, 2.24) is 5.32 Å². The van der Waals surface area contributed by atoms with Crippen molar-refractivity contribution in [3.05, 3.63) is 34.9 Å². The molecule has 18 heavy (non-hydrogen) atoms. The molecule has 0 spiro atoms. The van der Waals surface area contributed by atoms with Gasteiger partial charge in [0.25, 0.3) is 5.91 Å². The Morgan fingerprint density at radius 3 is 2.94 bits per heavy atom. The molecule has 0 aliphatic heterocycles. The van der Waals surface area contributed by atoms with E-state index in [1.807, 2.05) is 25.1 Å². The Hall–Kier alpha value is -1.79. The van der Waals surface area contributed by atoms with E-state index in [1.165, 1.54) is 0 Å². The van der Waals surface area contributed by atoms with Gasteiger partial charge in [-0.15, -0.1) is 0 Å². The van der Waals surface area contributed by atoms with Crippen molar-refractivity contribution in [2.75, 3.05) is 6.61 Å². The number of rotatable bonds is 3. The van der Waals surface area contributed by atoms with Crippen molar-refractivity contribution in [3.63, 3.8) is 0 Å². The van der Waals surface area contributed by atoms with E-state index < -0.39 is 0 Å². The number of benzene rings is 1. The van der Waals surface area contributed by atoms with Crippen molar-refractivity contribution in [2.45, 2.75) is 32.2 Å². The standard InChI is InChI=1S/C15H17NO2/c1-11-5-8-14(15(18)16-13-6-7-13)12(10-11)4-2-3-9-17/h5,8,10,13,17H,3,6-7,9H2,1H3,(H,16,18). The minimum absolute atomic E-state index is 0.0441. The van der Waals surface area contributed by atoms with Crippen molar-refractivity contribution < 1.29 is 9.90 Å². The van der Waals surface area contributed by atoms with E-state index in [1.54, 1.807) is 0 Å². The summed E-state index contributed by atoms with van der Waals surface area (Å²) in [6.45, 7) is 2.02. The van der Waals surface area contributed by atoms with E-state index in [0.717, 1.165) is 24.0 Å². The van der Waals surface area contributed by atoms with Crippen LogP contribution < -0.4 is 5.32 Å². The van der Waals surface area contributed by atoms with Crippen LogP contribution in [0.2, 0.25) is 0 Å². The van der Waals surface area contributed by atoms with Crippen LogP contribution >= 0.6 is 0 Å². The zero-order chi connectivity index (χ0) is 13.0. The van der Waals surface area contributed by atoms with Crippen LogP contribution in [0.3, 0.4) is 0 Å². The van der Waals surface area contributed by atoms with Crippen LogP contribution in [-0.2, 0) is 0 Å². The van der Waals surface area contributed by atoms with Gasteiger partial charge in [-0.25, -0.2) is 0 Å². The fourth-order valence-corrected chi connectivity index (χ4v) is 1.66. The van der Waals surface area contributed by atoms with E-state index >= 15 is 0 Å². The molecule has 1 aliphatic rings. The van der Waals surface area contributed by atoms with E-state index in [-0.39, 0.29) is 12.5 Å².